The topological polar surface area (TPSA) is 65.1 Å². The summed E-state index contributed by atoms with van der Waals surface area (Å²) in [6, 6.07) is 7.45. The summed E-state index contributed by atoms with van der Waals surface area (Å²) >= 11 is 3.36. The predicted octanol–water partition coefficient (Wildman–Crippen LogP) is 2.52. The van der Waals surface area contributed by atoms with Gasteiger partial charge in [0.05, 0.1) is 18.5 Å². The smallest absolute Gasteiger partial charge is 0.213 e. The first-order chi connectivity index (χ1) is 8.10. The molecule has 0 atom stereocenters. The van der Waals surface area contributed by atoms with Crippen LogP contribution in [0.3, 0.4) is 0 Å². The number of benzene rings is 1. The number of nitrogens with one attached hydrogen (secondary N) is 1. The average molecular weight is 297 g/mol. The third-order valence-corrected chi connectivity index (χ3v) is 2.82. The normalized spacial score (nSPS) is 10.3. The van der Waals surface area contributed by atoms with E-state index in [1.807, 2.05) is 31.3 Å². The van der Waals surface area contributed by atoms with Crippen LogP contribution in [0.1, 0.15) is 0 Å². The number of nitrogen functional groups attached to an aromatic ring is 1. The summed E-state index contributed by atoms with van der Waals surface area (Å²) < 4.78 is 7.73. The Morgan fingerprint density at radius 1 is 1.41 bits per heavy atom. The summed E-state index contributed by atoms with van der Waals surface area (Å²) in [5.74, 6) is 1.38. The van der Waals surface area contributed by atoms with Crippen molar-refractivity contribution in [2.45, 2.75) is 0 Å². The summed E-state index contributed by atoms with van der Waals surface area (Å²) in [7, 11) is 3.42. The lowest BCUT2D eigenvalue weighted by molar-refractivity contribution is 0.373. The lowest BCUT2D eigenvalue weighted by atomic mass is 10.3. The molecule has 0 spiro atoms. The number of aryl methyl sites for hydroxylation is 1. The van der Waals surface area contributed by atoms with Crippen molar-refractivity contribution in [2.75, 3.05) is 18.2 Å². The Labute approximate surface area is 108 Å². The summed E-state index contributed by atoms with van der Waals surface area (Å²) in [5, 5.41) is 7.39. The van der Waals surface area contributed by atoms with E-state index >= 15 is 0 Å². The highest BCUT2D eigenvalue weighted by Gasteiger charge is 2.06. The maximum absolute atomic E-state index is 5.89. The Hall–Kier alpha value is -1.69. The lowest BCUT2D eigenvalue weighted by Gasteiger charge is -2.06. The van der Waals surface area contributed by atoms with Gasteiger partial charge in [0.25, 0.3) is 0 Å². The third kappa shape index (κ3) is 2.52. The summed E-state index contributed by atoms with van der Waals surface area (Å²) in [4.78, 5) is 0. The Morgan fingerprint density at radius 3 is 2.76 bits per heavy atom. The van der Waals surface area contributed by atoms with E-state index < -0.39 is 0 Å². The molecule has 17 heavy (non-hydrogen) atoms. The zero-order valence-corrected chi connectivity index (χ0v) is 11.2. The number of anilines is 3. The molecule has 2 rings (SSSR count). The van der Waals surface area contributed by atoms with Crippen molar-refractivity contribution in [2.24, 2.45) is 7.05 Å². The van der Waals surface area contributed by atoms with Gasteiger partial charge in [-0.2, -0.15) is 5.10 Å². The number of nitrogens with zero attached hydrogens (tertiary/aromatic N) is 2. The molecule has 0 saturated heterocycles. The van der Waals surface area contributed by atoms with Gasteiger partial charge in [-0.05, 0) is 18.2 Å². The SMILES string of the molecule is COc1cc(Nc2ccc(Br)cc2N)nn1C. The third-order valence-electron chi connectivity index (χ3n) is 2.32. The van der Waals surface area contributed by atoms with Crippen molar-refractivity contribution in [3.8, 4) is 5.88 Å². The van der Waals surface area contributed by atoms with E-state index in [1.165, 1.54) is 0 Å². The molecule has 0 aliphatic rings. The van der Waals surface area contributed by atoms with Crippen molar-refractivity contribution in [1.29, 1.82) is 0 Å². The van der Waals surface area contributed by atoms with Crippen LogP contribution in [0, 0.1) is 0 Å². The molecule has 0 bridgehead atoms. The molecule has 1 aromatic carbocycles. The number of hydrogen-bond donors (Lipinski definition) is 2. The molecular formula is C11H13BrN4O. The van der Waals surface area contributed by atoms with Crippen LogP contribution < -0.4 is 15.8 Å². The highest BCUT2D eigenvalue weighted by Crippen LogP contribution is 2.27. The van der Waals surface area contributed by atoms with E-state index in [2.05, 4.69) is 26.3 Å². The van der Waals surface area contributed by atoms with Gasteiger partial charge >= 0.3 is 0 Å². The van der Waals surface area contributed by atoms with Crippen LogP contribution in [0.5, 0.6) is 5.88 Å². The molecule has 0 aliphatic carbocycles. The van der Waals surface area contributed by atoms with Gasteiger partial charge in [-0.15, -0.1) is 0 Å². The molecule has 0 saturated carbocycles. The van der Waals surface area contributed by atoms with Crippen LogP contribution in [-0.4, -0.2) is 16.9 Å². The molecule has 6 heteroatoms. The van der Waals surface area contributed by atoms with E-state index in [0.717, 1.165) is 10.2 Å². The zero-order chi connectivity index (χ0) is 12.4. The Morgan fingerprint density at radius 2 is 2.18 bits per heavy atom. The molecule has 5 nitrogen and oxygen atoms in total. The van der Waals surface area contributed by atoms with Crippen molar-refractivity contribution < 1.29 is 4.74 Å². The van der Waals surface area contributed by atoms with Gasteiger partial charge < -0.3 is 15.8 Å². The summed E-state index contributed by atoms with van der Waals surface area (Å²) in [6.45, 7) is 0. The largest absolute Gasteiger partial charge is 0.481 e. The van der Waals surface area contributed by atoms with Gasteiger partial charge in [0.1, 0.15) is 0 Å². The van der Waals surface area contributed by atoms with Crippen LogP contribution in [0.25, 0.3) is 0 Å². The summed E-state index contributed by atoms with van der Waals surface area (Å²) in [6.07, 6.45) is 0. The summed E-state index contributed by atoms with van der Waals surface area (Å²) in [5.41, 5.74) is 7.36. The minimum absolute atomic E-state index is 0.656. The van der Waals surface area contributed by atoms with E-state index in [1.54, 1.807) is 11.8 Å². The number of halogens is 1. The van der Waals surface area contributed by atoms with E-state index in [0.29, 0.717) is 17.4 Å². The molecule has 1 heterocycles. The second-order valence-electron chi connectivity index (χ2n) is 3.55. The van der Waals surface area contributed by atoms with Gasteiger partial charge in [0, 0.05) is 17.6 Å². The van der Waals surface area contributed by atoms with Crippen LogP contribution in [0.2, 0.25) is 0 Å². The minimum atomic E-state index is 0.656. The second-order valence-corrected chi connectivity index (χ2v) is 4.47. The van der Waals surface area contributed by atoms with Crippen LogP contribution in [-0.2, 0) is 7.05 Å². The molecule has 2 aromatic rings. The van der Waals surface area contributed by atoms with Gasteiger partial charge in [-0.1, -0.05) is 15.9 Å². The van der Waals surface area contributed by atoms with Crippen LogP contribution in [0.15, 0.2) is 28.7 Å². The molecule has 0 amide bonds. The number of methoxy groups -OCH3 is 1. The quantitative estimate of drug-likeness (QED) is 0.854. The van der Waals surface area contributed by atoms with Crippen molar-refractivity contribution in [1.82, 2.24) is 9.78 Å². The number of nitrogens with two attached hydrogens (primary N) is 1. The van der Waals surface area contributed by atoms with E-state index in [4.69, 9.17) is 10.5 Å². The van der Waals surface area contributed by atoms with Crippen molar-refractivity contribution in [3.05, 3.63) is 28.7 Å². The predicted molar refractivity (Wildman–Crippen MR) is 71.6 cm³/mol. The Kier molecular flexibility index (Phi) is 3.23. The van der Waals surface area contributed by atoms with E-state index in [-0.39, 0.29) is 0 Å². The molecule has 1 aromatic heterocycles. The first kappa shape index (κ1) is 11.8. The van der Waals surface area contributed by atoms with E-state index in [9.17, 15) is 0 Å². The van der Waals surface area contributed by atoms with Gasteiger partial charge in [0.15, 0.2) is 5.82 Å². The molecular weight excluding hydrogens is 284 g/mol. The standard InChI is InChI=1S/C11H13BrN4O/c1-16-11(17-2)6-10(15-16)14-9-4-3-7(12)5-8(9)13/h3-6H,13H2,1-2H3,(H,14,15). The molecule has 0 radical (unpaired) electrons. The monoisotopic (exact) mass is 296 g/mol. The maximum atomic E-state index is 5.89. The second kappa shape index (κ2) is 4.67. The number of ether oxygens (including phenoxy) is 1. The van der Waals surface area contributed by atoms with Gasteiger partial charge in [0.2, 0.25) is 5.88 Å². The average Bonchev–Trinajstić information content (AvgIpc) is 2.63. The highest BCUT2D eigenvalue weighted by molar-refractivity contribution is 9.10. The number of aromatic nitrogens is 2. The Balaban J connectivity index is 2.25. The van der Waals surface area contributed by atoms with Gasteiger partial charge in [-0.25, -0.2) is 4.68 Å². The van der Waals surface area contributed by atoms with Crippen LogP contribution >= 0.6 is 15.9 Å². The Bertz CT molecular complexity index is 538. The molecule has 0 unspecified atom stereocenters. The fourth-order valence-electron chi connectivity index (χ4n) is 1.49. The fourth-order valence-corrected chi connectivity index (χ4v) is 1.87. The van der Waals surface area contributed by atoms with Crippen LogP contribution in [0.4, 0.5) is 17.2 Å². The molecule has 3 N–H and O–H groups in total. The number of rotatable bonds is 3. The zero-order valence-electron chi connectivity index (χ0n) is 9.57. The number of hydrogen-bond acceptors (Lipinski definition) is 4. The lowest BCUT2D eigenvalue weighted by Crippen LogP contribution is -1.98. The highest BCUT2D eigenvalue weighted by atomic mass is 79.9. The van der Waals surface area contributed by atoms with Gasteiger partial charge in [-0.3, -0.25) is 0 Å². The first-order valence-corrected chi connectivity index (χ1v) is 5.79. The molecule has 90 valence electrons. The van der Waals surface area contributed by atoms with Crippen molar-refractivity contribution in [3.63, 3.8) is 0 Å². The minimum Gasteiger partial charge on any atom is -0.481 e. The van der Waals surface area contributed by atoms with Crippen molar-refractivity contribution >= 4 is 33.1 Å². The maximum Gasteiger partial charge on any atom is 0.213 e. The molecule has 0 fully saturated rings. The molecule has 0 aliphatic heterocycles. The first-order valence-electron chi connectivity index (χ1n) is 5.00. The fraction of sp³-hybridized carbons (Fsp3) is 0.182.